The average molecular weight is 292 g/mol. The smallest absolute Gasteiger partial charge is 0.271 e. The minimum Gasteiger partial charge on any atom is -0.377 e. The van der Waals surface area contributed by atoms with Crippen LogP contribution in [-0.4, -0.2) is 59.0 Å². The van der Waals surface area contributed by atoms with E-state index >= 15 is 0 Å². The number of likely N-dealkylation sites (tertiary alicyclic amines) is 1. The molecule has 21 heavy (non-hydrogen) atoms. The number of aromatic nitrogens is 2. The van der Waals surface area contributed by atoms with Crippen LogP contribution in [0, 0.1) is 0 Å². The molecule has 2 aliphatic rings. The third-order valence-corrected chi connectivity index (χ3v) is 4.35. The van der Waals surface area contributed by atoms with Gasteiger partial charge in [0, 0.05) is 45.5 Å². The first-order valence-corrected chi connectivity index (χ1v) is 7.85. The van der Waals surface area contributed by atoms with Gasteiger partial charge in [0.15, 0.2) is 0 Å². The predicted octanol–water partition coefficient (Wildman–Crippen LogP) is 0.793. The summed E-state index contributed by atoms with van der Waals surface area (Å²) in [5, 5.41) is 7.23. The molecule has 1 aromatic heterocycles. The van der Waals surface area contributed by atoms with Crippen molar-refractivity contribution in [2.75, 3.05) is 26.2 Å². The maximum Gasteiger partial charge on any atom is 0.271 e. The van der Waals surface area contributed by atoms with Crippen molar-refractivity contribution in [1.82, 2.24) is 20.0 Å². The Balaban J connectivity index is 1.42. The molecular weight excluding hydrogens is 268 g/mol. The number of ether oxygens (including phenoxy) is 1. The van der Waals surface area contributed by atoms with Crippen LogP contribution in [0.5, 0.6) is 0 Å². The van der Waals surface area contributed by atoms with Crippen LogP contribution in [0.2, 0.25) is 0 Å². The Kier molecular flexibility index (Phi) is 4.55. The Morgan fingerprint density at radius 2 is 2.24 bits per heavy atom. The lowest BCUT2D eigenvalue weighted by Gasteiger charge is -2.33. The van der Waals surface area contributed by atoms with Gasteiger partial charge < -0.3 is 15.0 Å². The van der Waals surface area contributed by atoms with Crippen LogP contribution in [0.1, 0.15) is 36.2 Å². The zero-order chi connectivity index (χ0) is 14.7. The van der Waals surface area contributed by atoms with Gasteiger partial charge in [-0.1, -0.05) is 0 Å². The van der Waals surface area contributed by atoms with Crippen LogP contribution in [0.15, 0.2) is 12.3 Å². The van der Waals surface area contributed by atoms with Crippen LogP contribution in [0.25, 0.3) is 0 Å². The topological polar surface area (TPSA) is 59.4 Å². The molecule has 1 atom stereocenters. The summed E-state index contributed by atoms with van der Waals surface area (Å²) in [6.07, 6.45) is 6.61. The van der Waals surface area contributed by atoms with Gasteiger partial charge in [-0.3, -0.25) is 9.48 Å². The SMILES string of the molecule is Cn1ccc(C(=O)NC2CCN(CC3CCCO3)CC2)n1. The molecule has 1 amide bonds. The van der Waals surface area contributed by atoms with Crippen molar-refractivity contribution in [2.24, 2.45) is 7.05 Å². The Bertz CT molecular complexity index is 474. The molecule has 0 radical (unpaired) electrons. The Labute approximate surface area is 125 Å². The molecule has 6 nitrogen and oxygen atoms in total. The van der Waals surface area contributed by atoms with Gasteiger partial charge in [-0.15, -0.1) is 0 Å². The van der Waals surface area contributed by atoms with Crippen LogP contribution >= 0.6 is 0 Å². The van der Waals surface area contributed by atoms with Crippen molar-refractivity contribution < 1.29 is 9.53 Å². The first kappa shape index (κ1) is 14.5. The molecule has 2 saturated heterocycles. The fourth-order valence-corrected chi connectivity index (χ4v) is 3.13. The largest absolute Gasteiger partial charge is 0.377 e. The molecule has 2 fully saturated rings. The molecular formula is C15H24N4O2. The van der Waals surface area contributed by atoms with Gasteiger partial charge in [-0.05, 0) is 31.7 Å². The number of carbonyl (C=O) groups is 1. The molecule has 2 aliphatic heterocycles. The number of hydrogen-bond donors (Lipinski definition) is 1. The van der Waals surface area contributed by atoms with Crippen molar-refractivity contribution in [3.05, 3.63) is 18.0 Å². The molecule has 1 N–H and O–H groups in total. The van der Waals surface area contributed by atoms with E-state index < -0.39 is 0 Å². The quantitative estimate of drug-likeness (QED) is 0.891. The molecule has 0 saturated carbocycles. The summed E-state index contributed by atoms with van der Waals surface area (Å²) in [5.74, 6) is -0.0619. The summed E-state index contributed by atoms with van der Waals surface area (Å²) in [7, 11) is 1.82. The highest BCUT2D eigenvalue weighted by Gasteiger charge is 2.25. The minimum absolute atomic E-state index is 0.0619. The normalized spacial score (nSPS) is 24.3. The fourth-order valence-electron chi connectivity index (χ4n) is 3.13. The van der Waals surface area contributed by atoms with E-state index in [1.165, 1.54) is 12.8 Å². The van der Waals surface area contributed by atoms with Gasteiger partial charge in [0.25, 0.3) is 5.91 Å². The van der Waals surface area contributed by atoms with Gasteiger partial charge in [0.05, 0.1) is 6.10 Å². The highest BCUT2D eigenvalue weighted by molar-refractivity contribution is 5.92. The Morgan fingerprint density at radius 3 is 2.86 bits per heavy atom. The number of nitrogens with zero attached hydrogens (tertiary/aromatic N) is 3. The summed E-state index contributed by atoms with van der Waals surface area (Å²) < 4.78 is 7.34. The monoisotopic (exact) mass is 292 g/mol. The zero-order valence-electron chi connectivity index (χ0n) is 12.6. The maximum atomic E-state index is 12.1. The Morgan fingerprint density at radius 1 is 1.43 bits per heavy atom. The molecule has 0 spiro atoms. The number of rotatable bonds is 4. The highest BCUT2D eigenvalue weighted by Crippen LogP contribution is 2.17. The van der Waals surface area contributed by atoms with Crippen LogP contribution in [-0.2, 0) is 11.8 Å². The number of nitrogens with one attached hydrogen (secondary N) is 1. The summed E-state index contributed by atoms with van der Waals surface area (Å²) in [4.78, 5) is 14.5. The minimum atomic E-state index is -0.0619. The van der Waals surface area contributed by atoms with Crippen molar-refractivity contribution in [1.29, 1.82) is 0 Å². The van der Waals surface area contributed by atoms with Crippen LogP contribution < -0.4 is 5.32 Å². The van der Waals surface area contributed by atoms with Gasteiger partial charge in [-0.2, -0.15) is 5.10 Å². The predicted molar refractivity (Wildman–Crippen MR) is 79.1 cm³/mol. The highest BCUT2D eigenvalue weighted by atomic mass is 16.5. The molecule has 3 heterocycles. The van der Waals surface area contributed by atoms with Crippen LogP contribution in [0.4, 0.5) is 0 Å². The van der Waals surface area contributed by atoms with E-state index in [0.29, 0.717) is 11.8 Å². The van der Waals surface area contributed by atoms with E-state index in [-0.39, 0.29) is 11.9 Å². The first-order valence-electron chi connectivity index (χ1n) is 7.85. The molecule has 3 rings (SSSR count). The van der Waals surface area contributed by atoms with Crippen molar-refractivity contribution in [2.45, 2.75) is 37.8 Å². The first-order chi connectivity index (χ1) is 10.2. The fraction of sp³-hybridized carbons (Fsp3) is 0.733. The number of amides is 1. The van der Waals surface area contributed by atoms with Gasteiger partial charge in [-0.25, -0.2) is 0 Å². The summed E-state index contributed by atoms with van der Waals surface area (Å²) in [5.41, 5.74) is 0.499. The molecule has 6 heteroatoms. The second-order valence-electron chi connectivity index (χ2n) is 6.06. The summed E-state index contributed by atoms with van der Waals surface area (Å²) in [6, 6.07) is 2.02. The zero-order valence-corrected chi connectivity index (χ0v) is 12.6. The third kappa shape index (κ3) is 3.83. The lowest BCUT2D eigenvalue weighted by Crippen LogP contribution is -2.46. The molecule has 0 aliphatic carbocycles. The molecule has 1 unspecified atom stereocenters. The Hall–Kier alpha value is -1.40. The lowest BCUT2D eigenvalue weighted by molar-refractivity contribution is 0.0612. The van der Waals surface area contributed by atoms with Gasteiger partial charge >= 0.3 is 0 Å². The summed E-state index contributed by atoms with van der Waals surface area (Å²) in [6.45, 7) is 4.03. The van der Waals surface area contributed by atoms with Crippen molar-refractivity contribution in [3.63, 3.8) is 0 Å². The van der Waals surface area contributed by atoms with E-state index in [0.717, 1.165) is 39.1 Å². The van der Waals surface area contributed by atoms with Crippen molar-refractivity contribution in [3.8, 4) is 0 Å². The number of piperidine rings is 1. The average Bonchev–Trinajstić information content (AvgIpc) is 3.12. The van der Waals surface area contributed by atoms with E-state index in [9.17, 15) is 4.79 Å². The molecule has 0 bridgehead atoms. The van der Waals surface area contributed by atoms with E-state index in [2.05, 4.69) is 15.3 Å². The van der Waals surface area contributed by atoms with Gasteiger partial charge in [0.2, 0.25) is 0 Å². The number of hydrogen-bond acceptors (Lipinski definition) is 4. The van der Waals surface area contributed by atoms with Gasteiger partial charge in [0.1, 0.15) is 5.69 Å². The van der Waals surface area contributed by atoms with E-state index in [4.69, 9.17) is 4.74 Å². The van der Waals surface area contributed by atoms with Crippen LogP contribution in [0.3, 0.4) is 0 Å². The van der Waals surface area contributed by atoms with E-state index in [1.807, 2.05) is 7.05 Å². The molecule has 0 aromatic carbocycles. The third-order valence-electron chi connectivity index (χ3n) is 4.35. The maximum absolute atomic E-state index is 12.1. The summed E-state index contributed by atoms with van der Waals surface area (Å²) >= 11 is 0. The molecule has 1 aromatic rings. The molecule has 116 valence electrons. The standard InChI is InChI=1S/C15H24N4O2/c1-18-7-6-14(17-18)15(20)16-12-4-8-19(9-5-12)11-13-3-2-10-21-13/h6-7,12-13H,2-5,8-11H2,1H3,(H,16,20). The van der Waals surface area contributed by atoms with Crippen molar-refractivity contribution >= 4 is 5.91 Å². The number of aryl methyl sites for hydroxylation is 1. The second kappa shape index (κ2) is 6.58. The van der Waals surface area contributed by atoms with E-state index in [1.54, 1.807) is 16.9 Å². The lowest BCUT2D eigenvalue weighted by atomic mass is 10.0. The second-order valence-corrected chi connectivity index (χ2v) is 6.06. The number of carbonyl (C=O) groups excluding carboxylic acids is 1.